The van der Waals surface area contributed by atoms with E-state index in [0.717, 1.165) is 36.2 Å². The number of halogens is 3. The van der Waals surface area contributed by atoms with Gasteiger partial charge in [-0.1, -0.05) is 53.2 Å². The Balaban J connectivity index is 1.68. The van der Waals surface area contributed by atoms with E-state index in [2.05, 4.69) is 78.9 Å². The minimum Gasteiger partial charge on any atom is -0.384 e. The molecule has 0 amide bonds. The van der Waals surface area contributed by atoms with Gasteiger partial charge < -0.3 is 15.3 Å². The summed E-state index contributed by atoms with van der Waals surface area (Å²) in [6, 6.07) is 13.8. The molecule has 4 aromatic rings. The maximum Gasteiger partial charge on any atom is 0.261 e. The predicted molar refractivity (Wildman–Crippen MR) is 136 cm³/mol. The molecule has 0 aliphatic carbocycles. The minimum atomic E-state index is -0.195. The summed E-state index contributed by atoms with van der Waals surface area (Å²) in [4.78, 5) is 23.5. The van der Waals surface area contributed by atoms with E-state index in [1.54, 1.807) is 6.20 Å². The Morgan fingerprint density at radius 3 is 2.87 bits per heavy atom. The summed E-state index contributed by atoms with van der Waals surface area (Å²) >= 11 is 12.0. The highest BCUT2D eigenvalue weighted by Crippen LogP contribution is 2.30. The Morgan fingerprint density at radius 1 is 1.27 bits per heavy atom. The summed E-state index contributed by atoms with van der Waals surface area (Å²) in [6.45, 7) is 2.77. The van der Waals surface area contributed by atoms with Gasteiger partial charge in [-0.25, -0.2) is 4.98 Å². The lowest BCUT2D eigenvalue weighted by atomic mass is 10.0. The molecule has 2 aromatic heterocycles. The quantitative estimate of drug-likeness (QED) is 0.176. The first-order valence-corrected chi connectivity index (χ1v) is 12.1. The number of imidazole rings is 1. The van der Waals surface area contributed by atoms with Crippen LogP contribution in [-0.4, -0.2) is 21.5 Å². The first-order valence-electron chi connectivity index (χ1n) is 9.41. The molecular weight excluding hydrogens is 579 g/mol. The van der Waals surface area contributed by atoms with Crippen molar-refractivity contribution in [1.29, 1.82) is 0 Å². The lowest BCUT2D eigenvalue weighted by Gasteiger charge is -2.15. The maximum absolute atomic E-state index is 12.7. The Hall–Kier alpha value is -1.84. The topological polar surface area (TPSA) is 73.6 Å². The molecule has 1 atom stereocenters. The van der Waals surface area contributed by atoms with Crippen molar-refractivity contribution in [3.63, 3.8) is 0 Å². The number of aromatic amines is 2. The van der Waals surface area contributed by atoms with Crippen LogP contribution in [0, 0.1) is 0 Å². The first-order chi connectivity index (χ1) is 14.5. The molecule has 3 N–H and O–H groups in total. The molecule has 5 nitrogen and oxygen atoms in total. The van der Waals surface area contributed by atoms with Crippen LogP contribution in [0.15, 0.2) is 57.9 Å². The minimum absolute atomic E-state index is 0.195. The zero-order chi connectivity index (χ0) is 21.3. The number of fused-ring (bicyclic) bond motifs is 1. The Bertz CT molecular complexity index is 1270. The number of pyridine rings is 1. The highest BCUT2D eigenvalue weighted by molar-refractivity contribution is 14.1. The van der Waals surface area contributed by atoms with Gasteiger partial charge in [-0.2, -0.15) is 0 Å². The molecule has 0 bridgehead atoms. The number of anilines is 1. The fourth-order valence-corrected chi connectivity index (χ4v) is 4.62. The van der Waals surface area contributed by atoms with Gasteiger partial charge in [0.05, 0.1) is 11.2 Å². The number of nitrogens with one attached hydrogen (secondary N) is 3. The summed E-state index contributed by atoms with van der Waals surface area (Å²) in [5.41, 5.74) is 5.06. The molecule has 4 rings (SSSR count). The average Bonchev–Trinajstić information content (AvgIpc) is 3.16. The normalized spacial score (nSPS) is 12.3. The monoisotopic (exact) mass is 596 g/mol. The predicted octanol–water partition coefficient (Wildman–Crippen LogP) is 6.48. The molecule has 2 aromatic carbocycles. The van der Waals surface area contributed by atoms with Gasteiger partial charge in [0.1, 0.15) is 16.9 Å². The van der Waals surface area contributed by atoms with E-state index in [1.807, 2.05) is 24.3 Å². The third-order valence-corrected chi connectivity index (χ3v) is 6.69. The molecule has 0 radical (unpaired) electrons. The summed E-state index contributed by atoms with van der Waals surface area (Å²) in [7, 11) is 0. The van der Waals surface area contributed by atoms with E-state index in [0.29, 0.717) is 17.9 Å². The number of benzene rings is 2. The van der Waals surface area contributed by atoms with E-state index in [1.165, 1.54) is 5.56 Å². The van der Waals surface area contributed by atoms with Crippen LogP contribution in [0.3, 0.4) is 0 Å². The van der Waals surface area contributed by atoms with Gasteiger partial charge in [-0.05, 0) is 63.3 Å². The summed E-state index contributed by atoms with van der Waals surface area (Å²) < 4.78 is 1.80. The molecule has 0 spiro atoms. The Labute approximate surface area is 200 Å². The lowest BCUT2D eigenvalue weighted by Crippen LogP contribution is -2.16. The molecule has 2 heterocycles. The highest BCUT2D eigenvalue weighted by Gasteiger charge is 2.17. The van der Waals surface area contributed by atoms with Crippen LogP contribution in [0.2, 0.25) is 5.02 Å². The van der Waals surface area contributed by atoms with Crippen LogP contribution < -0.4 is 10.9 Å². The number of rotatable bonds is 6. The maximum atomic E-state index is 12.7. The number of hydrogen-bond acceptors (Lipinski definition) is 3. The Morgan fingerprint density at radius 2 is 2.10 bits per heavy atom. The number of hydrogen-bond donors (Lipinski definition) is 3. The second-order valence-electron chi connectivity index (χ2n) is 7.13. The molecule has 8 heteroatoms. The lowest BCUT2D eigenvalue weighted by molar-refractivity contribution is 0.804. The van der Waals surface area contributed by atoms with Crippen LogP contribution >= 0.6 is 50.1 Å². The van der Waals surface area contributed by atoms with Crippen LogP contribution in [0.5, 0.6) is 0 Å². The van der Waals surface area contributed by atoms with Gasteiger partial charge in [0.25, 0.3) is 5.56 Å². The standard InChI is InChI=1S/C22H19BrClIN4O/c1-12(14-3-2-4-15(24)9-14)11-27-17-5-6-26-22(30)19(17)21-28-18-8-13(10-25)7-16(23)20(18)29-21/h2-9,12H,10-11H2,1H3,(H,28,29)(H2,26,27,30)/t12-/m1/s1. The van der Waals surface area contributed by atoms with E-state index in [4.69, 9.17) is 16.6 Å². The summed E-state index contributed by atoms with van der Waals surface area (Å²) in [6.07, 6.45) is 1.64. The third kappa shape index (κ3) is 4.43. The molecular formula is C22H19BrClIN4O. The molecule has 0 aliphatic rings. The molecule has 0 saturated carbocycles. The van der Waals surface area contributed by atoms with Gasteiger partial charge in [0.15, 0.2) is 0 Å². The molecule has 0 saturated heterocycles. The van der Waals surface area contributed by atoms with Crippen molar-refractivity contribution in [3.05, 3.63) is 79.6 Å². The zero-order valence-corrected chi connectivity index (χ0v) is 20.6. The van der Waals surface area contributed by atoms with Crippen LogP contribution in [-0.2, 0) is 4.43 Å². The summed E-state index contributed by atoms with van der Waals surface area (Å²) in [5.74, 6) is 0.753. The van der Waals surface area contributed by atoms with Crippen molar-refractivity contribution in [2.24, 2.45) is 0 Å². The van der Waals surface area contributed by atoms with E-state index in [9.17, 15) is 4.79 Å². The molecule has 154 valence electrons. The van der Waals surface area contributed by atoms with Crippen molar-refractivity contribution in [2.75, 3.05) is 11.9 Å². The molecule has 30 heavy (non-hydrogen) atoms. The number of aromatic nitrogens is 3. The fraction of sp³-hybridized carbons (Fsp3) is 0.182. The first kappa shape index (κ1) is 21.4. The van der Waals surface area contributed by atoms with Crippen molar-refractivity contribution >= 4 is 66.8 Å². The second-order valence-corrected chi connectivity index (χ2v) is 9.18. The van der Waals surface area contributed by atoms with E-state index < -0.39 is 0 Å². The zero-order valence-electron chi connectivity index (χ0n) is 16.1. The van der Waals surface area contributed by atoms with Crippen LogP contribution in [0.25, 0.3) is 22.4 Å². The number of alkyl halides is 1. The van der Waals surface area contributed by atoms with E-state index >= 15 is 0 Å². The Kier molecular flexibility index (Phi) is 6.50. The van der Waals surface area contributed by atoms with Crippen molar-refractivity contribution in [1.82, 2.24) is 15.0 Å². The molecule has 0 aliphatic heterocycles. The largest absolute Gasteiger partial charge is 0.384 e. The van der Waals surface area contributed by atoms with Crippen LogP contribution in [0.4, 0.5) is 5.69 Å². The summed E-state index contributed by atoms with van der Waals surface area (Å²) in [5, 5.41) is 4.13. The van der Waals surface area contributed by atoms with Gasteiger partial charge in [0, 0.05) is 26.7 Å². The number of nitrogens with zero attached hydrogens (tertiary/aromatic N) is 1. The van der Waals surface area contributed by atoms with Gasteiger partial charge in [-0.15, -0.1) is 0 Å². The molecule has 0 unspecified atom stereocenters. The van der Waals surface area contributed by atoms with Gasteiger partial charge in [0.2, 0.25) is 0 Å². The van der Waals surface area contributed by atoms with Crippen molar-refractivity contribution < 1.29 is 0 Å². The third-order valence-electron chi connectivity index (χ3n) is 4.97. The average molecular weight is 598 g/mol. The highest BCUT2D eigenvalue weighted by atomic mass is 127. The van der Waals surface area contributed by atoms with Crippen molar-refractivity contribution in [2.45, 2.75) is 17.3 Å². The van der Waals surface area contributed by atoms with Gasteiger partial charge >= 0.3 is 0 Å². The molecule has 0 fully saturated rings. The van der Waals surface area contributed by atoms with E-state index in [-0.39, 0.29) is 11.5 Å². The smallest absolute Gasteiger partial charge is 0.261 e. The fourth-order valence-electron chi connectivity index (χ4n) is 3.38. The van der Waals surface area contributed by atoms with Crippen molar-refractivity contribution in [3.8, 4) is 11.4 Å². The van der Waals surface area contributed by atoms with Gasteiger partial charge in [-0.3, -0.25) is 4.79 Å². The second kappa shape index (κ2) is 9.11. The number of H-pyrrole nitrogens is 2. The SMILES string of the molecule is C[C@H](CNc1cc[nH]c(=O)c1-c1nc2c(Br)cc(CI)cc2[nH]1)c1cccc(Cl)c1. The van der Waals surface area contributed by atoms with Crippen LogP contribution in [0.1, 0.15) is 24.0 Å².